The molecule has 0 radical (unpaired) electrons. The summed E-state index contributed by atoms with van der Waals surface area (Å²) in [5, 5.41) is 6.54. The fraction of sp³-hybridized carbons (Fsp3) is 0.529. The van der Waals surface area contributed by atoms with Crippen LogP contribution in [-0.2, 0) is 16.1 Å². The second-order valence-electron chi connectivity index (χ2n) is 6.31. The van der Waals surface area contributed by atoms with Crippen molar-refractivity contribution < 1.29 is 9.59 Å². The number of carbonyl (C=O) groups is 2. The van der Waals surface area contributed by atoms with Gasteiger partial charge in [0.1, 0.15) is 5.41 Å². The normalized spacial score (nSPS) is 19.7. The highest BCUT2D eigenvalue weighted by Gasteiger charge is 2.56. The lowest BCUT2D eigenvalue weighted by Crippen LogP contribution is -2.45. The molecule has 2 fully saturated rings. The van der Waals surface area contributed by atoms with Crippen LogP contribution in [0.15, 0.2) is 24.3 Å². The molecule has 2 aliphatic rings. The predicted molar refractivity (Wildman–Crippen MR) is 85.4 cm³/mol. The van der Waals surface area contributed by atoms with E-state index in [9.17, 15) is 9.59 Å². The average molecular weight is 321 g/mol. The lowest BCUT2D eigenvalue weighted by molar-refractivity contribution is -0.137. The fourth-order valence-electron chi connectivity index (χ4n) is 3.06. The Morgan fingerprint density at radius 2 is 1.82 bits per heavy atom. The largest absolute Gasteiger partial charge is 0.352 e. The first kappa shape index (κ1) is 15.3. The van der Waals surface area contributed by atoms with Crippen molar-refractivity contribution in [1.82, 2.24) is 10.6 Å². The summed E-state index contributed by atoms with van der Waals surface area (Å²) in [6, 6.07) is 7.66. The van der Waals surface area contributed by atoms with Gasteiger partial charge in [0.25, 0.3) is 0 Å². The molecule has 2 aliphatic carbocycles. The molecule has 2 N–H and O–H groups in total. The molecule has 2 amide bonds. The van der Waals surface area contributed by atoms with Crippen LogP contribution < -0.4 is 10.6 Å². The summed E-state index contributed by atoms with van der Waals surface area (Å²) >= 11 is 6.08. The Morgan fingerprint density at radius 1 is 1.14 bits per heavy atom. The van der Waals surface area contributed by atoms with E-state index in [4.69, 9.17) is 11.6 Å². The van der Waals surface area contributed by atoms with Crippen molar-refractivity contribution in [3.05, 3.63) is 34.9 Å². The number of carbonyl (C=O) groups excluding carboxylic acids is 2. The van der Waals surface area contributed by atoms with Gasteiger partial charge in [0.2, 0.25) is 11.8 Å². The van der Waals surface area contributed by atoms with E-state index in [1.54, 1.807) is 6.07 Å². The molecule has 0 bridgehead atoms. The zero-order valence-corrected chi connectivity index (χ0v) is 13.3. The van der Waals surface area contributed by atoms with Crippen LogP contribution >= 0.6 is 11.6 Å². The number of rotatable bonds is 5. The van der Waals surface area contributed by atoms with Crippen LogP contribution in [0.2, 0.25) is 5.02 Å². The van der Waals surface area contributed by atoms with E-state index in [-0.39, 0.29) is 17.9 Å². The van der Waals surface area contributed by atoms with Crippen molar-refractivity contribution in [2.75, 3.05) is 0 Å². The second kappa shape index (κ2) is 6.29. The molecule has 4 nitrogen and oxygen atoms in total. The fourth-order valence-corrected chi connectivity index (χ4v) is 3.26. The SMILES string of the molecule is O=C(NCc1ccccc1Cl)C1(C(=O)NC2CCCC2)CC1. The number of amides is 2. The number of hydrogen-bond donors (Lipinski definition) is 2. The van der Waals surface area contributed by atoms with Crippen molar-refractivity contribution in [2.24, 2.45) is 5.41 Å². The Balaban J connectivity index is 1.57. The van der Waals surface area contributed by atoms with Gasteiger partial charge in [-0.25, -0.2) is 0 Å². The average Bonchev–Trinajstić information content (AvgIpc) is 3.18. The monoisotopic (exact) mass is 320 g/mol. The van der Waals surface area contributed by atoms with Crippen molar-refractivity contribution in [1.29, 1.82) is 0 Å². The highest BCUT2D eigenvalue weighted by atomic mass is 35.5. The van der Waals surface area contributed by atoms with Crippen LogP contribution in [0.4, 0.5) is 0 Å². The molecule has 1 aromatic rings. The summed E-state index contributed by atoms with van der Waals surface area (Å²) in [7, 11) is 0. The molecule has 22 heavy (non-hydrogen) atoms. The quantitative estimate of drug-likeness (QED) is 0.820. The number of benzene rings is 1. The number of halogens is 1. The summed E-state index contributed by atoms with van der Waals surface area (Å²) in [6.45, 7) is 0.358. The third-order valence-corrected chi connectivity index (χ3v) is 5.08. The van der Waals surface area contributed by atoms with Gasteiger partial charge in [0.05, 0.1) is 0 Å². The summed E-state index contributed by atoms with van der Waals surface area (Å²) in [6.07, 6.45) is 5.67. The van der Waals surface area contributed by atoms with E-state index in [2.05, 4.69) is 10.6 Å². The number of nitrogens with one attached hydrogen (secondary N) is 2. The van der Waals surface area contributed by atoms with E-state index in [0.29, 0.717) is 24.4 Å². The van der Waals surface area contributed by atoms with Gasteiger partial charge in [0, 0.05) is 17.6 Å². The summed E-state index contributed by atoms with van der Waals surface area (Å²) in [5.41, 5.74) is 0.0219. The molecule has 0 aromatic heterocycles. The van der Waals surface area contributed by atoms with Crippen molar-refractivity contribution in [3.8, 4) is 0 Å². The first-order chi connectivity index (χ1) is 10.6. The van der Waals surface area contributed by atoms with Crippen LogP contribution in [-0.4, -0.2) is 17.9 Å². The lowest BCUT2D eigenvalue weighted by atomic mass is 10.0. The van der Waals surface area contributed by atoms with Crippen molar-refractivity contribution >= 4 is 23.4 Å². The van der Waals surface area contributed by atoms with Crippen LogP contribution in [0.3, 0.4) is 0 Å². The van der Waals surface area contributed by atoms with Gasteiger partial charge < -0.3 is 10.6 Å². The van der Waals surface area contributed by atoms with E-state index < -0.39 is 5.41 Å². The second-order valence-corrected chi connectivity index (χ2v) is 6.72. The molecule has 0 heterocycles. The highest BCUT2D eigenvalue weighted by molar-refractivity contribution is 6.31. The van der Waals surface area contributed by atoms with Crippen LogP contribution in [0, 0.1) is 5.41 Å². The molecule has 1 aromatic carbocycles. The molecule has 0 saturated heterocycles. The lowest BCUT2D eigenvalue weighted by Gasteiger charge is -2.19. The molecule has 0 atom stereocenters. The smallest absolute Gasteiger partial charge is 0.235 e. The Kier molecular flexibility index (Phi) is 4.39. The maximum Gasteiger partial charge on any atom is 0.235 e. The van der Waals surface area contributed by atoms with E-state index in [1.165, 1.54) is 0 Å². The maximum absolute atomic E-state index is 12.4. The third kappa shape index (κ3) is 3.12. The standard InChI is InChI=1S/C17H21ClN2O2/c18-14-8-4-1-5-12(14)11-19-15(21)17(9-10-17)16(22)20-13-6-2-3-7-13/h1,4-5,8,13H,2-3,6-7,9-11H2,(H,19,21)(H,20,22). The van der Waals surface area contributed by atoms with Gasteiger partial charge in [-0.1, -0.05) is 42.6 Å². The zero-order valence-electron chi connectivity index (χ0n) is 12.5. The van der Waals surface area contributed by atoms with Crippen LogP contribution in [0.1, 0.15) is 44.1 Å². The minimum Gasteiger partial charge on any atom is -0.352 e. The molecule has 118 valence electrons. The van der Waals surface area contributed by atoms with Gasteiger partial charge in [-0.05, 0) is 37.3 Å². The first-order valence-electron chi connectivity index (χ1n) is 7.94. The van der Waals surface area contributed by atoms with E-state index in [1.807, 2.05) is 18.2 Å². The van der Waals surface area contributed by atoms with Gasteiger partial charge in [0.15, 0.2) is 0 Å². The van der Waals surface area contributed by atoms with Gasteiger partial charge in [-0.2, -0.15) is 0 Å². The zero-order chi connectivity index (χ0) is 15.6. The molecular weight excluding hydrogens is 300 g/mol. The number of hydrogen-bond acceptors (Lipinski definition) is 2. The van der Waals surface area contributed by atoms with Gasteiger partial charge in [-0.15, -0.1) is 0 Å². The highest BCUT2D eigenvalue weighted by Crippen LogP contribution is 2.46. The molecule has 2 saturated carbocycles. The van der Waals surface area contributed by atoms with Crippen molar-refractivity contribution in [2.45, 2.75) is 51.1 Å². The third-order valence-electron chi connectivity index (χ3n) is 4.71. The van der Waals surface area contributed by atoms with Crippen LogP contribution in [0.25, 0.3) is 0 Å². The van der Waals surface area contributed by atoms with E-state index >= 15 is 0 Å². The molecule has 0 unspecified atom stereocenters. The Bertz CT molecular complexity index is 578. The Morgan fingerprint density at radius 3 is 2.45 bits per heavy atom. The molecule has 0 spiro atoms. The van der Waals surface area contributed by atoms with Gasteiger partial charge in [-0.3, -0.25) is 9.59 Å². The maximum atomic E-state index is 12.4. The Labute approximate surface area is 135 Å². The molecule has 5 heteroatoms. The predicted octanol–water partition coefficient (Wildman–Crippen LogP) is 2.80. The van der Waals surface area contributed by atoms with Crippen molar-refractivity contribution in [3.63, 3.8) is 0 Å². The molecule has 0 aliphatic heterocycles. The topological polar surface area (TPSA) is 58.2 Å². The first-order valence-corrected chi connectivity index (χ1v) is 8.32. The van der Waals surface area contributed by atoms with E-state index in [0.717, 1.165) is 31.2 Å². The Hall–Kier alpha value is -1.55. The summed E-state index contributed by atoms with van der Waals surface area (Å²) in [5.74, 6) is -0.279. The van der Waals surface area contributed by atoms with Crippen LogP contribution in [0.5, 0.6) is 0 Å². The molecule has 3 rings (SSSR count). The minimum atomic E-state index is -0.843. The van der Waals surface area contributed by atoms with Gasteiger partial charge >= 0.3 is 0 Å². The summed E-state index contributed by atoms with van der Waals surface area (Å²) in [4.78, 5) is 24.8. The molecular formula is C17H21ClN2O2. The minimum absolute atomic E-state index is 0.101. The summed E-state index contributed by atoms with van der Waals surface area (Å²) < 4.78 is 0.